The van der Waals surface area contributed by atoms with Crippen molar-refractivity contribution in [1.82, 2.24) is 9.55 Å². The van der Waals surface area contributed by atoms with Gasteiger partial charge in [-0.15, -0.1) is 23.1 Å². The summed E-state index contributed by atoms with van der Waals surface area (Å²) < 4.78 is 2.75. The monoisotopic (exact) mass is 399 g/mol. The van der Waals surface area contributed by atoms with Crippen molar-refractivity contribution in [1.29, 1.82) is 0 Å². The normalized spacial score (nSPS) is 17.8. The van der Waals surface area contributed by atoms with Crippen molar-refractivity contribution in [2.24, 2.45) is 7.05 Å². The second-order valence-corrected chi connectivity index (χ2v) is 10.2. The van der Waals surface area contributed by atoms with E-state index < -0.39 is 0 Å². The summed E-state index contributed by atoms with van der Waals surface area (Å²) in [6.07, 6.45) is 9.28. The summed E-state index contributed by atoms with van der Waals surface area (Å²) in [6.45, 7) is 0. The average Bonchev–Trinajstić information content (AvgIpc) is 2.88. The first-order valence-electron chi connectivity index (χ1n) is 9.58. The number of nitrogen functional groups attached to an aromatic ring is 1. The summed E-state index contributed by atoms with van der Waals surface area (Å²) in [6, 6.07) is 3.78. The zero-order chi connectivity index (χ0) is 18.5. The summed E-state index contributed by atoms with van der Waals surface area (Å²) in [5, 5.41) is 1.86. The Balaban J connectivity index is 1.66. The molecular weight excluding hydrogens is 376 g/mol. The molecule has 140 valence electrons. The maximum atomic E-state index is 12.1. The third-order valence-electron chi connectivity index (χ3n) is 5.87. The lowest BCUT2D eigenvalue weighted by molar-refractivity contribution is -0.373. The van der Waals surface area contributed by atoms with Crippen molar-refractivity contribution in [3.05, 3.63) is 34.4 Å². The molecule has 27 heavy (non-hydrogen) atoms. The van der Waals surface area contributed by atoms with Crippen LogP contribution in [0.2, 0.25) is 0 Å². The molecular formula is C20H23N4OS2+. The van der Waals surface area contributed by atoms with E-state index in [4.69, 9.17) is 10.7 Å². The number of nitrogens with two attached hydrogens (primary N) is 1. The fourth-order valence-electron chi connectivity index (χ4n) is 3.68. The second kappa shape index (κ2) is 6.63. The Kier molecular flexibility index (Phi) is 4.24. The van der Waals surface area contributed by atoms with Gasteiger partial charge < -0.3 is 5.73 Å². The lowest BCUT2D eigenvalue weighted by atomic mass is 9.79. The minimum Gasteiger partial charge on any atom is -0.397 e. The van der Waals surface area contributed by atoms with Crippen molar-refractivity contribution in [3.8, 4) is 11.4 Å². The van der Waals surface area contributed by atoms with Crippen LogP contribution in [-0.2, 0) is 7.05 Å². The molecule has 2 aliphatic rings. The fraction of sp³-hybridized carbons (Fsp3) is 0.450. The molecule has 2 aliphatic carbocycles. The number of aryl methyl sites for hydroxylation is 1. The Labute approximate surface area is 166 Å². The quantitative estimate of drug-likeness (QED) is 0.720. The maximum Gasteiger partial charge on any atom is 0.337 e. The second-order valence-electron chi connectivity index (χ2n) is 7.66. The highest BCUT2D eigenvalue weighted by Crippen LogP contribution is 2.50. The number of hydrogen-bond acceptors (Lipinski definition) is 5. The third-order valence-corrected chi connectivity index (χ3v) is 8.54. The van der Waals surface area contributed by atoms with Gasteiger partial charge in [0.25, 0.3) is 0 Å². The molecule has 0 radical (unpaired) electrons. The minimum atomic E-state index is -0.0391. The first-order valence-corrected chi connectivity index (χ1v) is 11.3. The molecule has 0 unspecified atom stereocenters. The number of rotatable bonds is 4. The van der Waals surface area contributed by atoms with Crippen LogP contribution in [0.15, 0.2) is 27.5 Å². The maximum absolute atomic E-state index is 12.1. The molecule has 2 fully saturated rings. The molecule has 3 N–H and O–H groups in total. The Bertz CT molecular complexity index is 1080. The molecule has 0 aromatic carbocycles. The van der Waals surface area contributed by atoms with Gasteiger partial charge in [-0.2, -0.15) is 0 Å². The van der Waals surface area contributed by atoms with Crippen LogP contribution in [0, 0.1) is 0 Å². The molecule has 0 saturated heterocycles. The lowest BCUT2D eigenvalue weighted by Crippen LogP contribution is -2.24. The predicted molar refractivity (Wildman–Crippen MR) is 111 cm³/mol. The average molecular weight is 400 g/mol. The van der Waals surface area contributed by atoms with Crippen molar-refractivity contribution in [3.63, 3.8) is 0 Å². The Morgan fingerprint density at radius 3 is 2.67 bits per heavy atom. The van der Waals surface area contributed by atoms with Gasteiger partial charge in [-0.3, -0.25) is 0 Å². The number of thiophene rings is 1. The van der Waals surface area contributed by atoms with Crippen LogP contribution in [-0.4, -0.2) is 14.8 Å². The number of pyridine rings is 1. The van der Waals surface area contributed by atoms with Gasteiger partial charge in [-0.05, 0) is 43.2 Å². The number of H-pyrrole nitrogens is 1. The smallest absolute Gasteiger partial charge is 0.337 e. The number of nitrogens with zero attached hydrogens (tertiary/aromatic N) is 2. The Hall–Kier alpha value is -1.86. The zero-order valence-electron chi connectivity index (χ0n) is 15.3. The molecule has 3 aromatic rings. The van der Waals surface area contributed by atoms with Gasteiger partial charge in [-0.25, -0.2) is 19.3 Å². The van der Waals surface area contributed by atoms with Gasteiger partial charge in [0.1, 0.15) is 10.5 Å². The van der Waals surface area contributed by atoms with Gasteiger partial charge in [-0.1, -0.05) is 12.8 Å². The fourth-order valence-corrected chi connectivity index (χ4v) is 6.48. The van der Waals surface area contributed by atoms with E-state index in [-0.39, 0.29) is 5.56 Å². The van der Waals surface area contributed by atoms with Crippen LogP contribution in [0.5, 0.6) is 0 Å². The van der Waals surface area contributed by atoms with Gasteiger partial charge in [0.2, 0.25) is 6.33 Å². The van der Waals surface area contributed by atoms with Crippen LogP contribution in [0.3, 0.4) is 0 Å². The van der Waals surface area contributed by atoms with Gasteiger partial charge in [0, 0.05) is 10.6 Å². The number of nitrogens with one attached hydrogen (secondary N) is 1. The summed E-state index contributed by atoms with van der Waals surface area (Å²) in [4.78, 5) is 21.2. The summed E-state index contributed by atoms with van der Waals surface area (Å²) >= 11 is 3.64. The van der Waals surface area contributed by atoms with E-state index in [9.17, 15) is 4.79 Å². The summed E-state index contributed by atoms with van der Waals surface area (Å²) in [7, 11) is 1.74. The molecule has 0 amide bonds. The van der Waals surface area contributed by atoms with Crippen molar-refractivity contribution >= 4 is 39.0 Å². The number of anilines is 1. The minimum absolute atomic E-state index is 0.0391. The van der Waals surface area contributed by atoms with Crippen LogP contribution < -0.4 is 16.3 Å². The van der Waals surface area contributed by atoms with Crippen LogP contribution in [0.1, 0.15) is 50.0 Å². The highest BCUT2D eigenvalue weighted by atomic mass is 32.2. The van der Waals surface area contributed by atoms with Crippen molar-refractivity contribution in [2.45, 2.75) is 53.9 Å². The van der Waals surface area contributed by atoms with E-state index in [1.165, 1.54) is 52.9 Å². The number of hydrogen-bond donors (Lipinski definition) is 1. The Morgan fingerprint density at radius 1 is 1.26 bits per heavy atom. The van der Waals surface area contributed by atoms with E-state index >= 15 is 0 Å². The molecule has 7 heteroatoms. The molecule has 3 heterocycles. The summed E-state index contributed by atoms with van der Waals surface area (Å²) in [5.74, 6) is 0.555. The number of fused-ring (bicyclic) bond motifs is 1. The molecule has 0 bridgehead atoms. The standard InChI is InChI=1S/C20H22N4OS2/c1-24-10-22-14(9-16(24)25)15-8-13(11-4-2-5-11)17-18(21)20(27-19(17)23-15)26-12-6-3-7-12/h8-12H,2-7,21H2,1H3/p+1. The molecule has 2 saturated carbocycles. The number of aromatic nitrogens is 3. The molecule has 3 aromatic heterocycles. The molecule has 0 atom stereocenters. The van der Waals surface area contributed by atoms with Gasteiger partial charge >= 0.3 is 5.56 Å². The highest BCUT2D eigenvalue weighted by molar-refractivity contribution is 8.02. The van der Waals surface area contributed by atoms with E-state index in [2.05, 4.69) is 11.1 Å². The van der Waals surface area contributed by atoms with Crippen LogP contribution >= 0.6 is 23.1 Å². The third kappa shape index (κ3) is 2.97. The lowest BCUT2D eigenvalue weighted by Gasteiger charge is -2.27. The van der Waals surface area contributed by atoms with Gasteiger partial charge in [0.05, 0.1) is 23.0 Å². The summed E-state index contributed by atoms with van der Waals surface area (Å²) in [5.41, 5.74) is 10.4. The largest absolute Gasteiger partial charge is 0.397 e. The van der Waals surface area contributed by atoms with E-state index in [0.29, 0.717) is 11.2 Å². The van der Waals surface area contributed by atoms with E-state index in [1.807, 2.05) is 11.8 Å². The zero-order valence-corrected chi connectivity index (χ0v) is 17.0. The predicted octanol–water partition coefficient (Wildman–Crippen LogP) is 3.97. The number of thioether (sulfide) groups is 1. The highest BCUT2D eigenvalue weighted by Gasteiger charge is 2.28. The first kappa shape index (κ1) is 17.3. The molecule has 5 nitrogen and oxygen atoms in total. The molecule has 5 rings (SSSR count). The number of aromatic amines is 1. The Morgan fingerprint density at radius 2 is 2.04 bits per heavy atom. The van der Waals surface area contributed by atoms with E-state index in [1.54, 1.807) is 30.8 Å². The van der Waals surface area contributed by atoms with Crippen molar-refractivity contribution in [2.75, 3.05) is 5.73 Å². The molecule has 0 spiro atoms. The van der Waals surface area contributed by atoms with Gasteiger partial charge in [0.15, 0.2) is 5.69 Å². The first-order chi connectivity index (χ1) is 13.1. The van der Waals surface area contributed by atoms with Crippen LogP contribution in [0.4, 0.5) is 5.69 Å². The molecule has 0 aliphatic heterocycles. The topological polar surface area (TPSA) is 75.1 Å². The van der Waals surface area contributed by atoms with Crippen LogP contribution in [0.25, 0.3) is 21.6 Å². The van der Waals surface area contributed by atoms with E-state index in [0.717, 1.165) is 27.3 Å². The van der Waals surface area contributed by atoms with Crippen molar-refractivity contribution < 1.29 is 4.98 Å². The SMILES string of the molecule is Cn1c[nH+]c(-c2cc(C3CCC3)c3c(N)c(SC4CCC4)sc3n2)cc1=O.